The van der Waals surface area contributed by atoms with Gasteiger partial charge in [-0.3, -0.25) is 0 Å². The Labute approximate surface area is 107 Å². The molecule has 18 heavy (non-hydrogen) atoms. The van der Waals surface area contributed by atoms with Gasteiger partial charge in [-0.2, -0.15) is 0 Å². The number of benzene rings is 1. The van der Waals surface area contributed by atoms with Crippen LogP contribution in [0.1, 0.15) is 6.92 Å². The molecular weight excluding hydrogens is 276 g/mol. The van der Waals surface area contributed by atoms with E-state index >= 15 is 0 Å². The molecule has 0 saturated heterocycles. The number of sulfonamides is 1. The van der Waals surface area contributed by atoms with Gasteiger partial charge in [0, 0.05) is 18.8 Å². The van der Waals surface area contributed by atoms with Crippen molar-refractivity contribution < 1.29 is 16.8 Å². The molecule has 0 saturated carbocycles. The van der Waals surface area contributed by atoms with Crippen LogP contribution in [-0.4, -0.2) is 35.7 Å². The van der Waals surface area contributed by atoms with Crippen LogP contribution in [0.4, 0.5) is 0 Å². The van der Waals surface area contributed by atoms with Crippen LogP contribution in [0.3, 0.4) is 0 Å². The molecule has 1 unspecified atom stereocenters. The molecule has 0 radical (unpaired) electrons. The summed E-state index contributed by atoms with van der Waals surface area (Å²) in [4.78, 5) is 0.0872. The molecule has 102 valence electrons. The van der Waals surface area contributed by atoms with Gasteiger partial charge in [0.1, 0.15) is 0 Å². The van der Waals surface area contributed by atoms with Gasteiger partial charge in [0.15, 0.2) is 9.84 Å². The maximum absolute atomic E-state index is 11.8. The molecule has 8 heteroatoms. The average molecular weight is 292 g/mol. The monoisotopic (exact) mass is 292 g/mol. The Morgan fingerprint density at radius 3 is 1.94 bits per heavy atom. The molecule has 0 aliphatic rings. The molecule has 3 N–H and O–H groups in total. The van der Waals surface area contributed by atoms with Crippen LogP contribution in [0.25, 0.3) is 0 Å². The zero-order chi connectivity index (χ0) is 14.0. The fourth-order valence-corrected chi connectivity index (χ4v) is 2.96. The minimum atomic E-state index is -3.64. The summed E-state index contributed by atoms with van der Waals surface area (Å²) in [7, 11) is -6.97. The van der Waals surface area contributed by atoms with Crippen molar-refractivity contribution >= 4 is 19.9 Å². The van der Waals surface area contributed by atoms with Gasteiger partial charge < -0.3 is 5.73 Å². The first-order chi connectivity index (χ1) is 8.13. The standard InChI is InChI=1S/C10H16N2O4S2/c1-8(11)7-12-18(15,16)10-5-3-9(4-6-10)17(2,13)14/h3-6,8,12H,7,11H2,1-2H3. The molecule has 0 aromatic heterocycles. The highest BCUT2D eigenvalue weighted by Crippen LogP contribution is 2.14. The van der Waals surface area contributed by atoms with Crippen molar-refractivity contribution in [2.24, 2.45) is 5.73 Å². The van der Waals surface area contributed by atoms with Crippen molar-refractivity contribution in [1.29, 1.82) is 0 Å². The lowest BCUT2D eigenvalue weighted by Gasteiger charge is -2.09. The second-order valence-electron chi connectivity index (χ2n) is 4.07. The van der Waals surface area contributed by atoms with Gasteiger partial charge in [-0.15, -0.1) is 0 Å². The van der Waals surface area contributed by atoms with Crippen LogP contribution in [0, 0.1) is 0 Å². The smallest absolute Gasteiger partial charge is 0.240 e. The van der Waals surface area contributed by atoms with Crippen molar-refractivity contribution in [2.75, 3.05) is 12.8 Å². The van der Waals surface area contributed by atoms with Gasteiger partial charge in [-0.05, 0) is 31.2 Å². The number of hydrogen-bond donors (Lipinski definition) is 2. The van der Waals surface area contributed by atoms with Gasteiger partial charge in [-0.25, -0.2) is 21.6 Å². The molecule has 0 bridgehead atoms. The van der Waals surface area contributed by atoms with Gasteiger partial charge in [-0.1, -0.05) is 0 Å². The summed E-state index contributed by atoms with van der Waals surface area (Å²) in [5.74, 6) is 0. The highest BCUT2D eigenvalue weighted by Gasteiger charge is 2.15. The van der Waals surface area contributed by atoms with Crippen molar-refractivity contribution in [2.45, 2.75) is 22.8 Å². The molecule has 1 atom stereocenters. The largest absolute Gasteiger partial charge is 0.327 e. The van der Waals surface area contributed by atoms with E-state index in [1.807, 2.05) is 0 Å². The van der Waals surface area contributed by atoms with Crippen molar-refractivity contribution in [3.8, 4) is 0 Å². The first-order valence-corrected chi connectivity index (χ1v) is 8.56. The summed E-state index contributed by atoms with van der Waals surface area (Å²) < 4.78 is 48.3. The lowest BCUT2D eigenvalue weighted by molar-refractivity contribution is 0.573. The third kappa shape index (κ3) is 4.05. The van der Waals surface area contributed by atoms with E-state index in [0.29, 0.717) is 0 Å². The summed E-state index contributed by atoms with van der Waals surface area (Å²) >= 11 is 0. The van der Waals surface area contributed by atoms with Crippen molar-refractivity contribution in [3.63, 3.8) is 0 Å². The second kappa shape index (κ2) is 5.35. The summed E-state index contributed by atoms with van der Waals surface area (Å²) in [5.41, 5.74) is 5.45. The Morgan fingerprint density at radius 2 is 1.56 bits per heavy atom. The summed E-state index contributed by atoms with van der Waals surface area (Å²) in [6, 6.07) is 4.72. The van der Waals surface area contributed by atoms with Gasteiger partial charge >= 0.3 is 0 Å². The highest BCUT2D eigenvalue weighted by molar-refractivity contribution is 7.90. The Kier molecular flexibility index (Phi) is 4.49. The van der Waals surface area contributed by atoms with Crippen LogP contribution in [0.2, 0.25) is 0 Å². The topological polar surface area (TPSA) is 106 Å². The predicted octanol–water partition coefficient (Wildman–Crippen LogP) is -0.284. The van der Waals surface area contributed by atoms with Crippen LogP contribution in [0.5, 0.6) is 0 Å². The summed E-state index contributed by atoms with van der Waals surface area (Å²) in [5, 5.41) is 0. The number of rotatable bonds is 5. The zero-order valence-corrected chi connectivity index (χ0v) is 11.8. The lowest BCUT2D eigenvalue weighted by Crippen LogP contribution is -2.35. The maximum atomic E-state index is 11.8. The van der Waals surface area contributed by atoms with E-state index < -0.39 is 19.9 Å². The van der Waals surface area contributed by atoms with Crippen LogP contribution >= 0.6 is 0 Å². The Morgan fingerprint density at radius 1 is 1.11 bits per heavy atom. The molecule has 1 aromatic carbocycles. The van der Waals surface area contributed by atoms with Gasteiger partial charge in [0.2, 0.25) is 10.0 Å². The fraction of sp³-hybridized carbons (Fsp3) is 0.400. The quantitative estimate of drug-likeness (QED) is 0.776. The molecule has 0 fully saturated rings. The molecule has 0 spiro atoms. The SMILES string of the molecule is CC(N)CNS(=O)(=O)c1ccc(S(C)(=O)=O)cc1. The maximum Gasteiger partial charge on any atom is 0.240 e. The minimum absolute atomic E-state index is 0.00977. The average Bonchev–Trinajstić information content (AvgIpc) is 2.26. The molecule has 1 rings (SSSR count). The lowest BCUT2D eigenvalue weighted by atomic mass is 10.4. The van der Waals surface area contributed by atoms with Crippen LogP contribution in [-0.2, 0) is 19.9 Å². The van der Waals surface area contributed by atoms with E-state index in [-0.39, 0.29) is 22.4 Å². The highest BCUT2D eigenvalue weighted by atomic mass is 32.2. The normalized spacial score (nSPS) is 14.4. The summed E-state index contributed by atoms with van der Waals surface area (Å²) in [6.45, 7) is 1.80. The third-order valence-electron chi connectivity index (χ3n) is 2.16. The van der Waals surface area contributed by atoms with Crippen LogP contribution in [0.15, 0.2) is 34.1 Å². The predicted molar refractivity (Wildman–Crippen MR) is 68.4 cm³/mol. The van der Waals surface area contributed by atoms with E-state index in [1.54, 1.807) is 6.92 Å². The van der Waals surface area contributed by atoms with E-state index in [4.69, 9.17) is 5.73 Å². The van der Waals surface area contributed by atoms with Crippen LogP contribution < -0.4 is 10.5 Å². The zero-order valence-electron chi connectivity index (χ0n) is 10.1. The van der Waals surface area contributed by atoms with Crippen molar-refractivity contribution in [1.82, 2.24) is 4.72 Å². The number of nitrogens with two attached hydrogens (primary N) is 1. The van der Waals surface area contributed by atoms with E-state index in [1.165, 1.54) is 24.3 Å². The molecule has 0 aliphatic heterocycles. The molecular formula is C10H16N2O4S2. The Bertz CT molecular complexity index is 604. The Hall–Kier alpha value is -0.960. The molecule has 1 aromatic rings. The number of hydrogen-bond acceptors (Lipinski definition) is 5. The molecule has 0 heterocycles. The van der Waals surface area contributed by atoms with E-state index in [0.717, 1.165) is 6.26 Å². The first kappa shape index (κ1) is 15.1. The molecule has 0 amide bonds. The van der Waals surface area contributed by atoms with E-state index in [2.05, 4.69) is 4.72 Å². The number of nitrogens with one attached hydrogen (secondary N) is 1. The summed E-state index contributed by atoms with van der Waals surface area (Å²) in [6.07, 6.45) is 1.06. The molecule has 6 nitrogen and oxygen atoms in total. The van der Waals surface area contributed by atoms with E-state index in [9.17, 15) is 16.8 Å². The third-order valence-corrected chi connectivity index (χ3v) is 4.73. The van der Waals surface area contributed by atoms with Gasteiger partial charge in [0.25, 0.3) is 0 Å². The Balaban J connectivity index is 2.98. The van der Waals surface area contributed by atoms with Gasteiger partial charge in [0.05, 0.1) is 9.79 Å². The number of sulfone groups is 1. The molecule has 0 aliphatic carbocycles. The second-order valence-corrected chi connectivity index (χ2v) is 7.86. The van der Waals surface area contributed by atoms with Crippen molar-refractivity contribution in [3.05, 3.63) is 24.3 Å². The fourth-order valence-electron chi connectivity index (χ4n) is 1.19. The minimum Gasteiger partial charge on any atom is -0.327 e. The first-order valence-electron chi connectivity index (χ1n) is 5.18.